The molecule has 0 spiro atoms. The second-order valence-corrected chi connectivity index (χ2v) is 4.45. The molecule has 0 atom stereocenters. The van der Waals surface area contributed by atoms with Crippen LogP contribution in [-0.4, -0.2) is 71.2 Å². The lowest BCUT2D eigenvalue weighted by molar-refractivity contribution is -0.156. The maximum Gasteiger partial charge on any atom is 0.312 e. The summed E-state index contributed by atoms with van der Waals surface area (Å²) >= 11 is 0. The van der Waals surface area contributed by atoms with Crippen LogP contribution in [0.1, 0.15) is 25.7 Å². The Labute approximate surface area is 107 Å². The van der Waals surface area contributed by atoms with Crippen molar-refractivity contribution in [1.82, 2.24) is 9.80 Å². The summed E-state index contributed by atoms with van der Waals surface area (Å²) in [6.07, 6.45) is 2.75. The Balaban J connectivity index is 2.35. The lowest BCUT2D eigenvalue weighted by Gasteiger charge is -2.33. The van der Waals surface area contributed by atoms with E-state index in [2.05, 4.69) is 0 Å². The van der Waals surface area contributed by atoms with Gasteiger partial charge in [0.05, 0.1) is 0 Å². The van der Waals surface area contributed by atoms with Crippen molar-refractivity contribution < 1.29 is 19.8 Å². The molecule has 1 rings (SSSR count). The highest BCUT2D eigenvalue weighted by Crippen LogP contribution is 2.08. The van der Waals surface area contributed by atoms with Gasteiger partial charge in [-0.1, -0.05) is 0 Å². The minimum atomic E-state index is -0.441. The fourth-order valence-corrected chi connectivity index (χ4v) is 1.97. The highest BCUT2D eigenvalue weighted by molar-refractivity contribution is 6.35. The maximum atomic E-state index is 11.8. The molecule has 1 saturated heterocycles. The van der Waals surface area contributed by atoms with E-state index in [1.165, 1.54) is 0 Å². The summed E-state index contributed by atoms with van der Waals surface area (Å²) in [6.45, 7) is 2.43. The average Bonchev–Trinajstić information content (AvgIpc) is 2.37. The summed E-state index contributed by atoms with van der Waals surface area (Å²) in [7, 11) is 0. The topological polar surface area (TPSA) is 81.1 Å². The van der Waals surface area contributed by atoms with Crippen molar-refractivity contribution in [3.8, 4) is 0 Å². The monoisotopic (exact) mass is 258 g/mol. The number of carbonyl (C=O) groups is 2. The van der Waals surface area contributed by atoms with Crippen LogP contribution in [0.2, 0.25) is 0 Å². The second kappa shape index (κ2) is 8.05. The molecule has 104 valence electrons. The largest absolute Gasteiger partial charge is 0.396 e. The molecule has 1 fully saturated rings. The van der Waals surface area contributed by atoms with Gasteiger partial charge in [0.25, 0.3) is 0 Å². The SMILES string of the molecule is O=C1C(=O)N(CCCCO)CCN1CCCCO. The van der Waals surface area contributed by atoms with Crippen LogP contribution in [0.5, 0.6) is 0 Å². The van der Waals surface area contributed by atoms with E-state index in [0.29, 0.717) is 39.0 Å². The molecule has 1 aliphatic rings. The number of nitrogens with zero attached hydrogens (tertiary/aromatic N) is 2. The zero-order chi connectivity index (χ0) is 13.4. The first kappa shape index (κ1) is 14.9. The molecule has 0 radical (unpaired) electrons. The van der Waals surface area contributed by atoms with Crippen LogP contribution < -0.4 is 0 Å². The van der Waals surface area contributed by atoms with Crippen molar-refractivity contribution in [2.45, 2.75) is 25.7 Å². The maximum absolute atomic E-state index is 11.8. The van der Waals surface area contributed by atoms with Gasteiger partial charge in [-0.25, -0.2) is 0 Å². The fraction of sp³-hybridized carbons (Fsp3) is 0.833. The molecule has 0 aliphatic carbocycles. The van der Waals surface area contributed by atoms with Crippen LogP contribution in [0.15, 0.2) is 0 Å². The highest BCUT2D eigenvalue weighted by Gasteiger charge is 2.31. The first-order valence-corrected chi connectivity index (χ1v) is 6.50. The molecule has 6 heteroatoms. The molecule has 18 heavy (non-hydrogen) atoms. The van der Waals surface area contributed by atoms with E-state index in [9.17, 15) is 9.59 Å². The van der Waals surface area contributed by atoms with Crippen molar-refractivity contribution in [2.75, 3.05) is 39.4 Å². The third kappa shape index (κ3) is 4.27. The van der Waals surface area contributed by atoms with Crippen LogP contribution in [0.3, 0.4) is 0 Å². The second-order valence-electron chi connectivity index (χ2n) is 4.45. The quantitative estimate of drug-likeness (QED) is 0.441. The van der Waals surface area contributed by atoms with Crippen LogP contribution >= 0.6 is 0 Å². The van der Waals surface area contributed by atoms with E-state index < -0.39 is 11.8 Å². The molecule has 6 nitrogen and oxygen atoms in total. The summed E-state index contributed by atoms with van der Waals surface area (Å²) in [6, 6.07) is 0. The molecule has 0 aromatic carbocycles. The van der Waals surface area contributed by atoms with Crippen LogP contribution in [0.4, 0.5) is 0 Å². The Bertz CT molecular complexity index is 255. The number of hydrogen-bond acceptors (Lipinski definition) is 4. The third-order valence-electron chi connectivity index (χ3n) is 3.07. The molecular formula is C12H22N2O4. The summed E-state index contributed by atoms with van der Waals surface area (Å²) in [5, 5.41) is 17.4. The van der Waals surface area contributed by atoms with Gasteiger partial charge in [-0.15, -0.1) is 0 Å². The van der Waals surface area contributed by atoms with E-state index in [1.54, 1.807) is 9.80 Å². The highest BCUT2D eigenvalue weighted by atomic mass is 16.3. The molecule has 2 amide bonds. The Hall–Kier alpha value is -1.14. The standard InChI is InChI=1S/C12H22N2O4/c15-9-3-1-5-13-7-8-14(6-2-4-10-16)12(18)11(13)17/h15-16H,1-10H2. The number of aliphatic hydroxyl groups is 2. The van der Waals surface area contributed by atoms with E-state index in [0.717, 1.165) is 12.8 Å². The smallest absolute Gasteiger partial charge is 0.312 e. The third-order valence-corrected chi connectivity index (χ3v) is 3.07. The summed E-state index contributed by atoms with van der Waals surface area (Å²) < 4.78 is 0. The van der Waals surface area contributed by atoms with Crippen molar-refractivity contribution in [1.29, 1.82) is 0 Å². The first-order valence-electron chi connectivity index (χ1n) is 6.50. The fourth-order valence-electron chi connectivity index (χ4n) is 1.97. The normalized spacial score (nSPS) is 16.6. The lowest BCUT2D eigenvalue weighted by atomic mass is 10.2. The molecule has 1 aliphatic heterocycles. The minimum Gasteiger partial charge on any atom is -0.396 e. The number of unbranched alkanes of at least 4 members (excludes halogenated alkanes) is 2. The zero-order valence-electron chi connectivity index (χ0n) is 10.7. The minimum absolute atomic E-state index is 0.114. The van der Waals surface area contributed by atoms with Gasteiger partial charge >= 0.3 is 11.8 Å². The van der Waals surface area contributed by atoms with Crippen LogP contribution in [0.25, 0.3) is 0 Å². The number of aliphatic hydroxyl groups excluding tert-OH is 2. The molecule has 1 heterocycles. The molecule has 0 bridgehead atoms. The molecule has 2 N–H and O–H groups in total. The first-order chi connectivity index (χ1) is 8.70. The van der Waals surface area contributed by atoms with Crippen LogP contribution in [0, 0.1) is 0 Å². The summed E-state index contributed by atoms with van der Waals surface area (Å²) in [5.41, 5.74) is 0. The van der Waals surface area contributed by atoms with E-state index in [1.807, 2.05) is 0 Å². The van der Waals surface area contributed by atoms with Gasteiger partial charge in [-0.2, -0.15) is 0 Å². The van der Waals surface area contributed by atoms with Gasteiger partial charge in [0.1, 0.15) is 0 Å². The molecule has 0 saturated carbocycles. The predicted octanol–water partition coefficient (Wildman–Crippen LogP) is -0.798. The number of piperazine rings is 1. The Kier molecular flexibility index (Phi) is 6.67. The van der Waals surface area contributed by atoms with Gasteiger partial charge in [-0.3, -0.25) is 9.59 Å². The van der Waals surface area contributed by atoms with E-state index in [-0.39, 0.29) is 13.2 Å². The molecule has 0 aromatic rings. The molecule has 0 aromatic heterocycles. The van der Waals surface area contributed by atoms with Crippen molar-refractivity contribution in [2.24, 2.45) is 0 Å². The predicted molar refractivity (Wildman–Crippen MR) is 65.8 cm³/mol. The summed E-state index contributed by atoms with van der Waals surface area (Å²) in [4.78, 5) is 26.7. The zero-order valence-corrected chi connectivity index (χ0v) is 10.7. The van der Waals surface area contributed by atoms with E-state index in [4.69, 9.17) is 10.2 Å². The van der Waals surface area contributed by atoms with Gasteiger partial charge < -0.3 is 20.0 Å². The Morgan fingerprint density at radius 2 is 1.17 bits per heavy atom. The Morgan fingerprint density at radius 3 is 1.50 bits per heavy atom. The van der Waals surface area contributed by atoms with E-state index >= 15 is 0 Å². The lowest BCUT2D eigenvalue weighted by Crippen LogP contribution is -2.54. The van der Waals surface area contributed by atoms with Crippen molar-refractivity contribution in [3.63, 3.8) is 0 Å². The van der Waals surface area contributed by atoms with Crippen molar-refractivity contribution in [3.05, 3.63) is 0 Å². The van der Waals surface area contributed by atoms with Crippen molar-refractivity contribution >= 4 is 11.8 Å². The average molecular weight is 258 g/mol. The number of amides is 2. The molecule has 0 unspecified atom stereocenters. The molecular weight excluding hydrogens is 236 g/mol. The Morgan fingerprint density at radius 1 is 0.778 bits per heavy atom. The number of carbonyl (C=O) groups excluding carboxylic acids is 2. The van der Waals surface area contributed by atoms with Crippen LogP contribution in [-0.2, 0) is 9.59 Å². The van der Waals surface area contributed by atoms with Gasteiger partial charge in [0.15, 0.2) is 0 Å². The van der Waals surface area contributed by atoms with Gasteiger partial charge in [0, 0.05) is 39.4 Å². The summed E-state index contributed by atoms with van der Waals surface area (Å²) in [5.74, 6) is -0.883. The number of rotatable bonds is 8. The number of hydrogen-bond donors (Lipinski definition) is 2. The van der Waals surface area contributed by atoms with Gasteiger partial charge in [0.2, 0.25) is 0 Å². The van der Waals surface area contributed by atoms with Gasteiger partial charge in [-0.05, 0) is 25.7 Å².